The number of halogens is 3. The van der Waals surface area contributed by atoms with Crippen LogP contribution < -0.4 is 10.5 Å². The molecular formula is C15H12F3N3O3. The maximum absolute atomic E-state index is 14.3. The van der Waals surface area contributed by atoms with Crippen LogP contribution in [0.4, 0.5) is 19.1 Å². The summed E-state index contributed by atoms with van der Waals surface area (Å²) in [6, 6.07) is 3.52. The fourth-order valence-corrected chi connectivity index (χ4v) is 1.79. The Hall–Kier alpha value is -3.10. The molecule has 6 nitrogen and oxygen atoms in total. The van der Waals surface area contributed by atoms with Crippen LogP contribution in [0.15, 0.2) is 30.6 Å². The Labute approximate surface area is 134 Å². The van der Waals surface area contributed by atoms with Crippen molar-refractivity contribution in [2.24, 2.45) is 0 Å². The number of carbonyl (C=O) groups is 1. The Morgan fingerprint density at radius 1 is 1.25 bits per heavy atom. The lowest BCUT2D eigenvalue weighted by Crippen LogP contribution is -2.06. The van der Waals surface area contributed by atoms with Crippen LogP contribution in [0.5, 0.6) is 5.75 Å². The van der Waals surface area contributed by atoms with Crippen molar-refractivity contribution in [3.8, 4) is 5.75 Å². The van der Waals surface area contributed by atoms with Crippen LogP contribution in [0.25, 0.3) is 11.9 Å². The van der Waals surface area contributed by atoms with Gasteiger partial charge in [-0.2, -0.15) is 8.78 Å². The minimum absolute atomic E-state index is 0.0179. The van der Waals surface area contributed by atoms with Crippen molar-refractivity contribution in [2.45, 2.75) is 6.61 Å². The van der Waals surface area contributed by atoms with Gasteiger partial charge in [-0.1, -0.05) is 0 Å². The number of hydrogen-bond donors (Lipinski definition) is 1. The lowest BCUT2D eigenvalue weighted by Gasteiger charge is -2.10. The minimum atomic E-state index is -3.11. The third-order valence-electron chi connectivity index (χ3n) is 2.88. The van der Waals surface area contributed by atoms with E-state index in [1.807, 2.05) is 0 Å². The number of carbonyl (C=O) groups excluding carboxylic acids is 1. The number of nitrogens with two attached hydrogens (primary N) is 1. The van der Waals surface area contributed by atoms with Gasteiger partial charge in [0.2, 0.25) is 5.95 Å². The van der Waals surface area contributed by atoms with Crippen molar-refractivity contribution in [3.05, 3.63) is 47.3 Å². The van der Waals surface area contributed by atoms with Crippen molar-refractivity contribution in [2.75, 3.05) is 12.8 Å². The van der Waals surface area contributed by atoms with Gasteiger partial charge in [0.1, 0.15) is 11.6 Å². The third-order valence-corrected chi connectivity index (χ3v) is 2.88. The van der Waals surface area contributed by atoms with Crippen LogP contribution in [-0.4, -0.2) is 29.7 Å². The molecule has 0 unspecified atom stereocenters. The highest BCUT2D eigenvalue weighted by Crippen LogP contribution is 2.28. The van der Waals surface area contributed by atoms with Crippen LogP contribution in [0.1, 0.15) is 21.5 Å². The second-order valence-electron chi connectivity index (χ2n) is 4.44. The van der Waals surface area contributed by atoms with E-state index in [2.05, 4.69) is 19.4 Å². The zero-order valence-corrected chi connectivity index (χ0v) is 12.4. The Morgan fingerprint density at radius 3 is 2.50 bits per heavy atom. The molecule has 2 N–H and O–H groups in total. The molecule has 0 saturated heterocycles. The first-order valence-electron chi connectivity index (χ1n) is 6.53. The lowest BCUT2D eigenvalue weighted by molar-refractivity contribution is -0.0499. The Kier molecular flexibility index (Phi) is 5.35. The maximum Gasteiger partial charge on any atom is 0.387 e. The number of anilines is 1. The van der Waals surface area contributed by atoms with Gasteiger partial charge < -0.3 is 15.2 Å². The van der Waals surface area contributed by atoms with Gasteiger partial charge in [-0.05, 0) is 24.3 Å². The zero-order valence-electron chi connectivity index (χ0n) is 12.4. The monoisotopic (exact) mass is 339 g/mol. The summed E-state index contributed by atoms with van der Waals surface area (Å²) in [4.78, 5) is 18.8. The largest absolute Gasteiger partial charge is 0.465 e. The maximum atomic E-state index is 14.3. The van der Waals surface area contributed by atoms with Gasteiger partial charge in [0.15, 0.2) is 0 Å². The van der Waals surface area contributed by atoms with E-state index >= 15 is 0 Å². The van der Waals surface area contributed by atoms with Crippen molar-refractivity contribution in [3.63, 3.8) is 0 Å². The van der Waals surface area contributed by atoms with Crippen LogP contribution in [0, 0.1) is 0 Å². The molecule has 0 aliphatic rings. The fourth-order valence-electron chi connectivity index (χ4n) is 1.79. The van der Waals surface area contributed by atoms with Gasteiger partial charge in [0, 0.05) is 23.5 Å². The van der Waals surface area contributed by atoms with Crippen LogP contribution in [0.3, 0.4) is 0 Å². The van der Waals surface area contributed by atoms with Crippen molar-refractivity contribution in [1.82, 2.24) is 9.97 Å². The quantitative estimate of drug-likeness (QED) is 0.843. The number of hydrogen-bond acceptors (Lipinski definition) is 6. The summed E-state index contributed by atoms with van der Waals surface area (Å²) in [5.41, 5.74) is 5.26. The van der Waals surface area contributed by atoms with E-state index in [0.29, 0.717) is 0 Å². The van der Waals surface area contributed by atoms with E-state index in [4.69, 9.17) is 5.73 Å². The average Bonchev–Trinajstić information content (AvgIpc) is 2.55. The van der Waals surface area contributed by atoms with Gasteiger partial charge >= 0.3 is 12.6 Å². The molecule has 2 aromatic rings. The normalized spacial score (nSPS) is 11.5. The highest BCUT2D eigenvalue weighted by molar-refractivity contribution is 5.91. The molecule has 0 bridgehead atoms. The van der Waals surface area contributed by atoms with Crippen LogP contribution in [0.2, 0.25) is 0 Å². The van der Waals surface area contributed by atoms with Crippen molar-refractivity contribution in [1.29, 1.82) is 0 Å². The topological polar surface area (TPSA) is 87.3 Å². The smallest absolute Gasteiger partial charge is 0.387 e. The molecule has 0 radical (unpaired) electrons. The second-order valence-corrected chi connectivity index (χ2v) is 4.44. The first-order chi connectivity index (χ1) is 11.4. The van der Waals surface area contributed by atoms with Gasteiger partial charge in [-0.15, -0.1) is 0 Å². The molecule has 126 valence electrons. The third kappa shape index (κ3) is 4.22. The molecular weight excluding hydrogens is 327 g/mol. The predicted molar refractivity (Wildman–Crippen MR) is 79.8 cm³/mol. The molecule has 0 spiro atoms. The Balaban J connectivity index is 2.45. The SMILES string of the molecule is COC(=O)c1ccc(OC(F)F)c(/C=C(\F)c2cnc(N)nc2)c1. The molecule has 0 atom stereocenters. The number of alkyl halides is 2. The summed E-state index contributed by atoms with van der Waals surface area (Å²) in [5.74, 6) is -1.87. The van der Waals surface area contributed by atoms with E-state index < -0.39 is 18.4 Å². The summed E-state index contributed by atoms with van der Waals surface area (Å²) >= 11 is 0. The van der Waals surface area contributed by atoms with Crippen LogP contribution in [-0.2, 0) is 4.74 Å². The van der Waals surface area contributed by atoms with E-state index in [-0.39, 0.29) is 28.4 Å². The molecule has 1 heterocycles. The summed E-state index contributed by atoms with van der Waals surface area (Å²) < 4.78 is 48.1. The number of nitrogen functional groups attached to an aromatic ring is 1. The number of nitrogens with zero attached hydrogens (tertiary/aromatic N) is 2. The summed E-state index contributed by atoms with van der Waals surface area (Å²) in [6.45, 7) is -3.11. The number of rotatable bonds is 5. The number of methoxy groups -OCH3 is 1. The van der Waals surface area contributed by atoms with E-state index in [9.17, 15) is 18.0 Å². The van der Waals surface area contributed by atoms with Crippen molar-refractivity contribution >= 4 is 23.8 Å². The molecule has 0 fully saturated rings. The summed E-state index contributed by atoms with van der Waals surface area (Å²) in [7, 11) is 1.16. The molecule has 2 rings (SSSR count). The fraction of sp³-hybridized carbons (Fsp3) is 0.133. The molecule has 0 saturated carbocycles. The number of benzene rings is 1. The first-order valence-corrected chi connectivity index (χ1v) is 6.53. The number of aromatic nitrogens is 2. The molecule has 0 amide bonds. The van der Waals surface area contributed by atoms with E-state index in [1.54, 1.807) is 0 Å². The molecule has 1 aromatic heterocycles. The van der Waals surface area contributed by atoms with Gasteiger partial charge in [-0.25, -0.2) is 19.2 Å². The molecule has 9 heteroatoms. The van der Waals surface area contributed by atoms with E-state index in [1.165, 1.54) is 12.1 Å². The minimum Gasteiger partial charge on any atom is -0.465 e. The van der Waals surface area contributed by atoms with Crippen LogP contribution >= 0.6 is 0 Å². The molecule has 0 aliphatic carbocycles. The zero-order chi connectivity index (χ0) is 17.7. The molecule has 24 heavy (non-hydrogen) atoms. The number of ether oxygens (including phenoxy) is 2. The van der Waals surface area contributed by atoms with Gasteiger partial charge in [0.25, 0.3) is 0 Å². The second kappa shape index (κ2) is 7.44. The Morgan fingerprint density at radius 2 is 1.92 bits per heavy atom. The summed E-state index contributed by atoms with van der Waals surface area (Å²) in [5, 5.41) is 0. The number of esters is 1. The molecule has 0 aliphatic heterocycles. The molecule has 1 aromatic carbocycles. The lowest BCUT2D eigenvalue weighted by atomic mass is 10.1. The summed E-state index contributed by atoms with van der Waals surface area (Å²) in [6.07, 6.45) is 3.18. The Bertz CT molecular complexity index is 764. The van der Waals surface area contributed by atoms with E-state index in [0.717, 1.165) is 31.6 Å². The first kappa shape index (κ1) is 17.3. The van der Waals surface area contributed by atoms with Gasteiger partial charge in [0.05, 0.1) is 12.7 Å². The van der Waals surface area contributed by atoms with Crippen molar-refractivity contribution < 1.29 is 27.4 Å². The average molecular weight is 339 g/mol. The predicted octanol–water partition coefficient (Wildman–Crippen LogP) is 2.91. The van der Waals surface area contributed by atoms with Gasteiger partial charge in [-0.3, -0.25) is 0 Å². The standard InChI is InChI=1S/C15H12F3N3O3/c1-23-13(22)8-2-3-12(24-14(17)18)9(4-8)5-11(16)10-6-20-15(19)21-7-10/h2-7,14H,1H3,(H2,19,20,21)/b11-5-. The highest BCUT2D eigenvalue weighted by Gasteiger charge is 2.14. The highest BCUT2D eigenvalue weighted by atomic mass is 19.3.